The Morgan fingerprint density at radius 1 is 1.41 bits per heavy atom. The minimum absolute atomic E-state index is 0.0664. The van der Waals surface area contributed by atoms with Gasteiger partial charge in [0.1, 0.15) is 17.5 Å². The summed E-state index contributed by atoms with van der Waals surface area (Å²) in [7, 11) is 0. The lowest BCUT2D eigenvalue weighted by Crippen LogP contribution is -2.27. The first-order valence-electron chi connectivity index (χ1n) is 6.40. The summed E-state index contributed by atoms with van der Waals surface area (Å²) in [6.07, 6.45) is 0.354. The van der Waals surface area contributed by atoms with Gasteiger partial charge in [0.05, 0.1) is 10.4 Å². The van der Waals surface area contributed by atoms with Crippen LogP contribution in [0.5, 0.6) is 0 Å². The normalized spacial score (nSPS) is 11.3. The molecular formula is C14H14BrN3O4. The number of ether oxygens (including phenoxy) is 1. The monoisotopic (exact) mass is 367 g/mol. The van der Waals surface area contributed by atoms with Gasteiger partial charge in [0.15, 0.2) is 0 Å². The van der Waals surface area contributed by atoms with Gasteiger partial charge in [-0.3, -0.25) is 15.4 Å². The minimum atomic E-state index is -0.758. The topological polar surface area (TPSA) is 94.4 Å². The molecule has 1 aromatic carbocycles. The van der Waals surface area contributed by atoms with E-state index in [1.807, 2.05) is 0 Å². The molecule has 0 saturated heterocycles. The molecular weight excluding hydrogens is 354 g/mol. The molecule has 0 radical (unpaired) electrons. The second-order valence-electron chi connectivity index (χ2n) is 5.56. The zero-order valence-corrected chi connectivity index (χ0v) is 13.8. The van der Waals surface area contributed by atoms with Gasteiger partial charge in [-0.05, 0) is 39.0 Å². The van der Waals surface area contributed by atoms with E-state index in [2.05, 4.69) is 26.2 Å². The fourth-order valence-electron chi connectivity index (χ4n) is 1.83. The lowest BCUT2D eigenvalue weighted by atomic mass is 10.1. The molecule has 0 atom stereocenters. The highest BCUT2D eigenvalue weighted by atomic mass is 79.9. The number of hydrogen-bond donors (Lipinski definition) is 1. The molecule has 0 aliphatic rings. The number of halogens is 1. The van der Waals surface area contributed by atoms with Crippen molar-refractivity contribution in [3.05, 3.63) is 39.0 Å². The Labute approximate surface area is 135 Å². The van der Waals surface area contributed by atoms with Crippen molar-refractivity contribution in [3.63, 3.8) is 0 Å². The Hall–Kier alpha value is -2.22. The van der Waals surface area contributed by atoms with E-state index >= 15 is 0 Å². The van der Waals surface area contributed by atoms with Crippen LogP contribution in [0.3, 0.4) is 0 Å². The van der Waals surface area contributed by atoms with Gasteiger partial charge < -0.3 is 4.74 Å². The number of benzene rings is 1. The summed E-state index contributed by atoms with van der Waals surface area (Å²) < 4.78 is 5.93. The standard InChI is InChI=1S/C14H14BrN3O4/c1-14(2,3)22-13(19)17-12-9-5-4-8(15)6-10(9)16-7-11(12)18(20)21/h4-7H,1-3H3,(H,16,17,19). The molecule has 0 fully saturated rings. The Morgan fingerprint density at radius 2 is 2.09 bits per heavy atom. The number of pyridine rings is 1. The molecule has 0 spiro atoms. The molecule has 1 N–H and O–H groups in total. The molecule has 1 heterocycles. The van der Waals surface area contributed by atoms with Crippen LogP contribution in [0, 0.1) is 10.1 Å². The maximum Gasteiger partial charge on any atom is 0.412 e. The van der Waals surface area contributed by atoms with E-state index < -0.39 is 16.6 Å². The fourth-order valence-corrected chi connectivity index (χ4v) is 2.18. The number of aromatic nitrogens is 1. The Kier molecular flexibility index (Phi) is 4.32. The number of fused-ring (bicyclic) bond motifs is 1. The molecule has 2 aromatic rings. The van der Waals surface area contributed by atoms with E-state index in [1.165, 1.54) is 0 Å². The van der Waals surface area contributed by atoms with Crippen molar-refractivity contribution >= 4 is 44.3 Å². The Balaban J connectivity index is 2.51. The first-order valence-corrected chi connectivity index (χ1v) is 7.19. The largest absolute Gasteiger partial charge is 0.444 e. The number of nitro groups is 1. The van der Waals surface area contributed by atoms with Gasteiger partial charge in [0.2, 0.25) is 0 Å². The molecule has 0 aliphatic heterocycles. The summed E-state index contributed by atoms with van der Waals surface area (Å²) in [5, 5.41) is 14.1. The molecule has 0 bridgehead atoms. The van der Waals surface area contributed by atoms with Crippen LogP contribution in [0.25, 0.3) is 10.9 Å². The van der Waals surface area contributed by atoms with Gasteiger partial charge >= 0.3 is 11.8 Å². The maximum atomic E-state index is 11.9. The van der Waals surface area contributed by atoms with Gasteiger partial charge in [0.25, 0.3) is 0 Å². The van der Waals surface area contributed by atoms with Crippen molar-refractivity contribution in [1.29, 1.82) is 0 Å². The van der Waals surface area contributed by atoms with Crippen LogP contribution in [-0.2, 0) is 4.74 Å². The average molecular weight is 368 g/mol. The highest BCUT2D eigenvalue weighted by molar-refractivity contribution is 9.10. The molecule has 0 unspecified atom stereocenters. The minimum Gasteiger partial charge on any atom is -0.444 e. The van der Waals surface area contributed by atoms with Gasteiger partial charge in [-0.2, -0.15) is 0 Å². The Morgan fingerprint density at radius 3 is 2.68 bits per heavy atom. The number of amides is 1. The van der Waals surface area contributed by atoms with E-state index in [1.54, 1.807) is 39.0 Å². The second kappa shape index (κ2) is 5.88. The first-order chi connectivity index (χ1) is 10.2. The third-order valence-electron chi connectivity index (χ3n) is 2.63. The van der Waals surface area contributed by atoms with Crippen LogP contribution >= 0.6 is 15.9 Å². The van der Waals surface area contributed by atoms with Crippen LogP contribution in [-0.4, -0.2) is 21.6 Å². The first kappa shape index (κ1) is 16.2. The smallest absolute Gasteiger partial charge is 0.412 e. The van der Waals surface area contributed by atoms with Crippen molar-refractivity contribution in [1.82, 2.24) is 4.98 Å². The number of anilines is 1. The van der Waals surface area contributed by atoms with Crippen LogP contribution in [0.15, 0.2) is 28.9 Å². The van der Waals surface area contributed by atoms with Gasteiger partial charge in [-0.1, -0.05) is 15.9 Å². The highest BCUT2D eigenvalue weighted by Gasteiger charge is 2.23. The summed E-state index contributed by atoms with van der Waals surface area (Å²) in [6, 6.07) is 5.07. The van der Waals surface area contributed by atoms with Crippen LogP contribution in [0.1, 0.15) is 20.8 Å². The van der Waals surface area contributed by atoms with Crippen LogP contribution < -0.4 is 5.32 Å². The number of nitrogens with one attached hydrogen (secondary N) is 1. The van der Waals surface area contributed by atoms with E-state index in [0.717, 1.165) is 10.7 Å². The van der Waals surface area contributed by atoms with E-state index in [4.69, 9.17) is 4.74 Å². The fraction of sp³-hybridized carbons (Fsp3) is 0.286. The molecule has 22 heavy (non-hydrogen) atoms. The van der Waals surface area contributed by atoms with Crippen molar-refractivity contribution in [2.24, 2.45) is 0 Å². The van der Waals surface area contributed by atoms with E-state index in [9.17, 15) is 14.9 Å². The number of hydrogen-bond acceptors (Lipinski definition) is 5. The third-order valence-corrected chi connectivity index (χ3v) is 3.13. The van der Waals surface area contributed by atoms with E-state index in [-0.39, 0.29) is 11.4 Å². The van der Waals surface area contributed by atoms with Crippen molar-refractivity contribution in [3.8, 4) is 0 Å². The summed E-state index contributed by atoms with van der Waals surface area (Å²) in [4.78, 5) is 26.5. The molecule has 7 nitrogen and oxygen atoms in total. The molecule has 0 saturated carbocycles. The number of carbonyl (C=O) groups is 1. The zero-order chi connectivity index (χ0) is 16.5. The second-order valence-corrected chi connectivity index (χ2v) is 6.48. The lowest BCUT2D eigenvalue weighted by molar-refractivity contribution is -0.384. The maximum absolute atomic E-state index is 11.9. The molecule has 2 rings (SSSR count). The molecule has 116 valence electrons. The molecule has 1 aromatic heterocycles. The predicted octanol–water partition coefficient (Wildman–Crippen LogP) is 4.25. The third kappa shape index (κ3) is 3.70. The van der Waals surface area contributed by atoms with E-state index in [0.29, 0.717) is 10.9 Å². The molecule has 0 aliphatic carbocycles. The van der Waals surface area contributed by atoms with Gasteiger partial charge in [-0.25, -0.2) is 9.78 Å². The number of nitrogens with zero attached hydrogens (tertiary/aromatic N) is 2. The lowest BCUT2D eigenvalue weighted by Gasteiger charge is -2.20. The van der Waals surface area contributed by atoms with Crippen molar-refractivity contribution in [2.75, 3.05) is 5.32 Å². The van der Waals surface area contributed by atoms with Gasteiger partial charge in [0, 0.05) is 9.86 Å². The van der Waals surface area contributed by atoms with Crippen LogP contribution in [0.4, 0.5) is 16.2 Å². The van der Waals surface area contributed by atoms with Crippen molar-refractivity contribution < 1.29 is 14.5 Å². The van der Waals surface area contributed by atoms with Crippen LogP contribution in [0.2, 0.25) is 0 Å². The molecule has 8 heteroatoms. The quantitative estimate of drug-likeness (QED) is 0.632. The predicted molar refractivity (Wildman–Crippen MR) is 86.0 cm³/mol. The number of rotatable bonds is 2. The van der Waals surface area contributed by atoms with Gasteiger partial charge in [-0.15, -0.1) is 0 Å². The molecule has 1 amide bonds. The zero-order valence-electron chi connectivity index (χ0n) is 12.2. The summed E-state index contributed by atoms with van der Waals surface area (Å²) >= 11 is 3.31. The van der Waals surface area contributed by atoms with Crippen molar-refractivity contribution in [2.45, 2.75) is 26.4 Å². The Bertz CT molecular complexity index is 756. The average Bonchev–Trinajstić information content (AvgIpc) is 2.35. The SMILES string of the molecule is CC(C)(C)OC(=O)Nc1c([N+](=O)[O-])cnc2cc(Br)ccc12. The summed E-state index contributed by atoms with van der Waals surface area (Å²) in [6.45, 7) is 5.13. The highest BCUT2D eigenvalue weighted by Crippen LogP contribution is 2.33. The summed E-state index contributed by atoms with van der Waals surface area (Å²) in [5.74, 6) is 0. The summed E-state index contributed by atoms with van der Waals surface area (Å²) in [5.41, 5.74) is -0.409. The number of carbonyl (C=O) groups excluding carboxylic acids is 1.